The summed E-state index contributed by atoms with van der Waals surface area (Å²) in [5.41, 5.74) is 1.80. The van der Waals surface area contributed by atoms with Gasteiger partial charge in [0.2, 0.25) is 0 Å². The molecule has 35 heavy (non-hydrogen) atoms. The molecule has 0 atom stereocenters. The van der Waals surface area contributed by atoms with E-state index in [2.05, 4.69) is 4.98 Å². The van der Waals surface area contributed by atoms with Crippen LogP contribution in [0.2, 0.25) is 0 Å². The lowest BCUT2D eigenvalue weighted by Gasteiger charge is -2.19. The van der Waals surface area contributed by atoms with Gasteiger partial charge in [0.05, 0.1) is 12.1 Å². The van der Waals surface area contributed by atoms with Gasteiger partial charge in [-0.3, -0.25) is 9.78 Å². The number of carbonyl (C=O) groups excluding carboxylic acids is 1. The van der Waals surface area contributed by atoms with Crippen molar-refractivity contribution in [2.45, 2.75) is 39.2 Å². The Balaban J connectivity index is 1.91. The van der Waals surface area contributed by atoms with Crippen molar-refractivity contribution in [1.82, 2.24) is 4.98 Å². The first-order chi connectivity index (χ1) is 16.4. The summed E-state index contributed by atoms with van der Waals surface area (Å²) in [7, 11) is 0. The molecule has 0 N–H and O–H groups in total. The highest BCUT2D eigenvalue weighted by Gasteiger charge is 2.40. The van der Waals surface area contributed by atoms with Crippen molar-refractivity contribution in [1.29, 1.82) is 0 Å². The van der Waals surface area contributed by atoms with Gasteiger partial charge in [-0.05, 0) is 42.7 Å². The van der Waals surface area contributed by atoms with Crippen LogP contribution < -0.4 is 14.4 Å². The molecule has 1 aromatic heterocycles. The molecule has 0 bridgehead atoms. The fourth-order valence-corrected chi connectivity index (χ4v) is 4.09. The molecular formula is C24H20F6N2O3. The van der Waals surface area contributed by atoms with E-state index in [9.17, 15) is 31.1 Å². The molecule has 1 amide bonds. The Morgan fingerprint density at radius 2 is 1.66 bits per heavy atom. The molecule has 2 heterocycles. The minimum Gasteiger partial charge on any atom is -0.483 e. The second-order valence-corrected chi connectivity index (χ2v) is 8.08. The summed E-state index contributed by atoms with van der Waals surface area (Å²) in [5, 5.41) is -0.0547. The van der Waals surface area contributed by atoms with Crippen LogP contribution in [-0.2, 0) is 13.0 Å². The number of pyridine rings is 1. The zero-order chi connectivity index (χ0) is 25.5. The topological polar surface area (TPSA) is 51.7 Å². The number of anilines is 1. The third-order valence-electron chi connectivity index (χ3n) is 5.57. The van der Waals surface area contributed by atoms with Gasteiger partial charge in [-0.25, -0.2) is 0 Å². The van der Waals surface area contributed by atoms with E-state index in [1.807, 2.05) is 13.0 Å². The molecule has 0 fully saturated rings. The lowest BCUT2D eigenvalue weighted by Crippen LogP contribution is -2.25. The van der Waals surface area contributed by atoms with Gasteiger partial charge in [-0.2, -0.15) is 26.3 Å². The van der Waals surface area contributed by atoms with E-state index in [1.165, 1.54) is 23.2 Å². The van der Waals surface area contributed by atoms with Gasteiger partial charge in [0.15, 0.2) is 19.0 Å². The van der Waals surface area contributed by atoms with E-state index in [1.54, 1.807) is 19.1 Å². The molecule has 0 spiro atoms. The van der Waals surface area contributed by atoms with Crippen LogP contribution in [-0.4, -0.2) is 36.5 Å². The number of hydrogen-bond acceptors (Lipinski definition) is 4. The zero-order valence-corrected chi connectivity index (χ0v) is 18.7. The second kappa shape index (κ2) is 8.94. The predicted octanol–water partition coefficient (Wildman–Crippen LogP) is 6.15. The van der Waals surface area contributed by atoms with E-state index in [-0.39, 0.29) is 34.3 Å². The third-order valence-corrected chi connectivity index (χ3v) is 5.57. The van der Waals surface area contributed by atoms with Crippen LogP contribution in [0.25, 0.3) is 10.9 Å². The van der Waals surface area contributed by atoms with E-state index < -0.39 is 37.2 Å². The molecule has 5 nitrogen and oxygen atoms in total. The maximum absolute atomic E-state index is 13.5. The van der Waals surface area contributed by atoms with Crippen molar-refractivity contribution < 1.29 is 40.6 Å². The normalized spacial score (nSPS) is 13.9. The van der Waals surface area contributed by atoms with Gasteiger partial charge >= 0.3 is 12.4 Å². The standard InChI is InChI=1S/C24H20F6N2O3/c1-3-14-6-7-17(13(2)9-14)32-10-16-18(22(32)33)20(34-11-23(25,26)27)15-5-4-8-31-19(15)21(16)35-12-24(28,29)30/h4-9H,3,10-12H2,1-2H3. The molecule has 0 radical (unpaired) electrons. The first-order valence-corrected chi connectivity index (χ1v) is 10.6. The number of halogens is 6. The molecule has 186 valence electrons. The molecule has 11 heteroatoms. The Morgan fingerprint density at radius 1 is 1.00 bits per heavy atom. The second-order valence-electron chi connectivity index (χ2n) is 8.08. The van der Waals surface area contributed by atoms with E-state index in [0.717, 1.165) is 17.5 Å². The minimum atomic E-state index is -4.71. The molecule has 0 aliphatic carbocycles. The van der Waals surface area contributed by atoms with Gasteiger partial charge in [-0.15, -0.1) is 0 Å². The Labute approximate surface area is 196 Å². The molecule has 3 aromatic rings. The average Bonchev–Trinajstić information content (AvgIpc) is 3.11. The van der Waals surface area contributed by atoms with Crippen LogP contribution in [0.5, 0.6) is 11.5 Å². The number of fused-ring (bicyclic) bond motifs is 2. The summed E-state index contributed by atoms with van der Waals surface area (Å²) in [6.45, 7) is 0.155. The summed E-state index contributed by atoms with van der Waals surface area (Å²) in [6, 6.07) is 8.08. The van der Waals surface area contributed by atoms with Crippen LogP contribution in [0.15, 0.2) is 36.5 Å². The Bertz CT molecular complexity index is 1290. The number of hydrogen-bond donors (Lipinski definition) is 0. The fraction of sp³-hybridized carbons (Fsp3) is 0.333. The Hall–Kier alpha value is -3.50. The van der Waals surface area contributed by atoms with Gasteiger partial charge in [0, 0.05) is 22.8 Å². The maximum Gasteiger partial charge on any atom is 0.422 e. The van der Waals surface area contributed by atoms with Crippen LogP contribution in [0.4, 0.5) is 32.0 Å². The van der Waals surface area contributed by atoms with Gasteiger partial charge in [-0.1, -0.05) is 19.1 Å². The monoisotopic (exact) mass is 498 g/mol. The summed E-state index contributed by atoms with van der Waals surface area (Å²) >= 11 is 0. The van der Waals surface area contributed by atoms with E-state index in [0.29, 0.717) is 5.69 Å². The highest BCUT2D eigenvalue weighted by atomic mass is 19.4. The zero-order valence-electron chi connectivity index (χ0n) is 18.7. The SMILES string of the molecule is CCc1ccc(N2Cc3c(c(OCC(F)(F)F)c4cccnc4c3OCC(F)(F)F)C2=O)c(C)c1. The highest BCUT2D eigenvalue weighted by Crippen LogP contribution is 2.46. The van der Waals surface area contributed by atoms with Crippen molar-refractivity contribution in [2.24, 2.45) is 0 Å². The number of amides is 1. The number of aromatic nitrogens is 1. The smallest absolute Gasteiger partial charge is 0.422 e. The predicted molar refractivity (Wildman–Crippen MR) is 116 cm³/mol. The highest BCUT2D eigenvalue weighted by molar-refractivity contribution is 6.16. The first-order valence-electron chi connectivity index (χ1n) is 10.6. The third kappa shape index (κ3) is 4.98. The number of aryl methyl sites for hydroxylation is 2. The Kier molecular flexibility index (Phi) is 6.29. The number of rotatable bonds is 6. The maximum atomic E-state index is 13.5. The molecule has 1 aliphatic heterocycles. The van der Waals surface area contributed by atoms with E-state index in [4.69, 9.17) is 9.47 Å². The number of carbonyl (C=O) groups is 1. The number of ether oxygens (including phenoxy) is 2. The summed E-state index contributed by atoms with van der Waals surface area (Å²) in [5.74, 6) is -1.41. The van der Waals surface area contributed by atoms with Crippen molar-refractivity contribution >= 4 is 22.5 Å². The molecule has 0 saturated heterocycles. The van der Waals surface area contributed by atoms with Gasteiger partial charge in [0.25, 0.3) is 5.91 Å². The van der Waals surface area contributed by atoms with Crippen molar-refractivity contribution in [3.63, 3.8) is 0 Å². The van der Waals surface area contributed by atoms with Crippen LogP contribution in [0, 0.1) is 6.92 Å². The quantitative estimate of drug-likeness (QED) is 0.383. The first kappa shape index (κ1) is 24.6. The molecule has 4 rings (SSSR count). The van der Waals surface area contributed by atoms with Gasteiger partial charge < -0.3 is 14.4 Å². The summed E-state index contributed by atoms with van der Waals surface area (Å²) in [4.78, 5) is 18.8. The van der Waals surface area contributed by atoms with Crippen molar-refractivity contribution in [3.05, 3.63) is 58.8 Å². The van der Waals surface area contributed by atoms with Crippen LogP contribution in [0.3, 0.4) is 0 Å². The van der Waals surface area contributed by atoms with Crippen molar-refractivity contribution in [2.75, 3.05) is 18.1 Å². The summed E-state index contributed by atoms with van der Waals surface area (Å²) in [6.07, 6.45) is -7.38. The molecular weight excluding hydrogens is 478 g/mol. The lowest BCUT2D eigenvalue weighted by atomic mass is 10.0. The number of alkyl halides is 6. The van der Waals surface area contributed by atoms with E-state index >= 15 is 0 Å². The van der Waals surface area contributed by atoms with Crippen LogP contribution >= 0.6 is 0 Å². The summed E-state index contributed by atoms with van der Waals surface area (Å²) < 4.78 is 88.1. The Morgan fingerprint density at radius 3 is 2.26 bits per heavy atom. The van der Waals surface area contributed by atoms with Gasteiger partial charge in [0.1, 0.15) is 11.3 Å². The molecule has 1 aliphatic rings. The molecule has 2 aromatic carbocycles. The average molecular weight is 498 g/mol. The fourth-order valence-electron chi connectivity index (χ4n) is 4.09. The number of benzene rings is 2. The largest absolute Gasteiger partial charge is 0.483 e. The molecule has 0 saturated carbocycles. The van der Waals surface area contributed by atoms with Crippen molar-refractivity contribution in [3.8, 4) is 11.5 Å². The number of nitrogens with zero attached hydrogens (tertiary/aromatic N) is 2. The lowest BCUT2D eigenvalue weighted by molar-refractivity contribution is -0.154. The van der Waals surface area contributed by atoms with Crippen LogP contribution in [0.1, 0.15) is 34.0 Å². The molecule has 0 unspecified atom stereocenters. The minimum absolute atomic E-state index is 0.0124.